The Hall–Kier alpha value is -3.41. The van der Waals surface area contributed by atoms with Crippen LogP contribution in [0.25, 0.3) is 0 Å². The number of nitrogens with one attached hydrogen (secondary N) is 1. The minimum absolute atomic E-state index is 0.0456. The molecule has 3 rings (SSSR count). The number of nitrogens with zero attached hydrogens (tertiary/aromatic N) is 1. The molecule has 1 N–H and O–H groups in total. The number of carbonyl (C=O) groups is 3. The van der Waals surface area contributed by atoms with Crippen LogP contribution in [-0.4, -0.2) is 35.8 Å². The van der Waals surface area contributed by atoms with E-state index in [0.29, 0.717) is 29.9 Å². The maximum Gasteiger partial charge on any atom is 0.336 e. The van der Waals surface area contributed by atoms with Crippen molar-refractivity contribution in [3.05, 3.63) is 82.6 Å². The molecular weight excluding hydrogens is 416 g/mol. The Morgan fingerprint density at radius 2 is 1.76 bits per heavy atom. The summed E-state index contributed by atoms with van der Waals surface area (Å²) in [7, 11) is 0. The van der Waals surface area contributed by atoms with Crippen molar-refractivity contribution in [2.24, 2.45) is 0 Å². The molecule has 33 heavy (non-hydrogen) atoms. The molecular formula is C27H32N2O4. The fourth-order valence-corrected chi connectivity index (χ4v) is 4.07. The molecule has 1 unspecified atom stereocenters. The molecule has 6 nitrogen and oxygen atoms in total. The molecule has 0 radical (unpaired) electrons. The first-order valence-electron chi connectivity index (χ1n) is 11.6. The predicted octanol–water partition coefficient (Wildman–Crippen LogP) is 4.57. The summed E-state index contributed by atoms with van der Waals surface area (Å²) in [5, 5.41) is 2.90. The lowest BCUT2D eigenvalue weighted by Crippen LogP contribution is -2.38. The van der Waals surface area contributed by atoms with Gasteiger partial charge in [-0.2, -0.15) is 0 Å². The standard InChI is InChI=1S/C27H32N2O4/c1-4-6-16-28-26(31)22-14-12-20(13-15-22)18-29-19(3)25(27(32)33-5-2)23(17-24(29)30)21-10-8-7-9-11-21/h7-15,23H,4-6,16-18H2,1-3H3,(H,28,31). The summed E-state index contributed by atoms with van der Waals surface area (Å²) in [6.07, 6.45) is 2.17. The molecule has 2 amide bonds. The van der Waals surface area contributed by atoms with Crippen LogP contribution in [0.2, 0.25) is 0 Å². The summed E-state index contributed by atoms with van der Waals surface area (Å²) < 4.78 is 5.34. The highest BCUT2D eigenvalue weighted by atomic mass is 16.5. The second-order valence-corrected chi connectivity index (χ2v) is 8.17. The second-order valence-electron chi connectivity index (χ2n) is 8.17. The number of hydrogen-bond donors (Lipinski definition) is 1. The molecule has 174 valence electrons. The third kappa shape index (κ3) is 5.89. The molecule has 1 heterocycles. The molecule has 0 saturated carbocycles. The van der Waals surface area contributed by atoms with Gasteiger partial charge >= 0.3 is 5.97 Å². The maximum atomic E-state index is 13.1. The van der Waals surface area contributed by atoms with Crippen LogP contribution in [0.3, 0.4) is 0 Å². The van der Waals surface area contributed by atoms with E-state index in [4.69, 9.17) is 4.74 Å². The van der Waals surface area contributed by atoms with Crippen LogP contribution in [0.4, 0.5) is 0 Å². The normalized spacial score (nSPS) is 16.0. The molecule has 1 aliphatic heterocycles. The second kappa shape index (κ2) is 11.5. The van der Waals surface area contributed by atoms with Crippen molar-refractivity contribution >= 4 is 17.8 Å². The summed E-state index contributed by atoms with van der Waals surface area (Å²) in [6, 6.07) is 16.8. The van der Waals surface area contributed by atoms with Gasteiger partial charge < -0.3 is 15.0 Å². The Labute approximate surface area is 195 Å². The van der Waals surface area contributed by atoms with Gasteiger partial charge in [0.1, 0.15) is 0 Å². The Morgan fingerprint density at radius 1 is 1.06 bits per heavy atom. The largest absolute Gasteiger partial charge is 0.463 e. The predicted molar refractivity (Wildman–Crippen MR) is 127 cm³/mol. The lowest BCUT2D eigenvalue weighted by molar-refractivity contribution is -0.140. The van der Waals surface area contributed by atoms with E-state index in [0.717, 1.165) is 24.0 Å². The number of amides is 2. The van der Waals surface area contributed by atoms with E-state index in [2.05, 4.69) is 12.2 Å². The van der Waals surface area contributed by atoms with Gasteiger partial charge in [0.15, 0.2) is 0 Å². The van der Waals surface area contributed by atoms with E-state index in [1.165, 1.54) is 0 Å². The summed E-state index contributed by atoms with van der Waals surface area (Å²) in [6.45, 7) is 6.91. The Morgan fingerprint density at radius 3 is 2.39 bits per heavy atom. The minimum atomic E-state index is -0.388. The molecule has 2 aromatic rings. The highest BCUT2D eigenvalue weighted by Crippen LogP contribution is 2.37. The van der Waals surface area contributed by atoms with Gasteiger partial charge in [-0.25, -0.2) is 4.79 Å². The molecule has 0 saturated heterocycles. The van der Waals surface area contributed by atoms with E-state index in [9.17, 15) is 14.4 Å². The first kappa shape index (κ1) is 24.2. The Bertz CT molecular complexity index is 1010. The van der Waals surface area contributed by atoms with Gasteiger partial charge in [-0.3, -0.25) is 9.59 Å². The van der Waals surface area contributed by atoms with Crippen LogP contribution < -0.4 is 5.32 Å². The topological polar surface area (TPSA) is 75.7 Å². The summed E-state index contributed by atoms with van der Waals surface area (Å²) in [5.41, 5.74) is 3.53. The van der Waals surface area contributed by atoms with Crippen LogP contribution in [0, 0.1) is 0 Å². The van der Waals surface area contributed by atoms with Crippen molar-refractivity contribution in [1.82, 2.24) is 10.2 Å². The lowest BCUT2D eigenvalue weighted by Gasteiger charge is -2.34. The van der Waals surface area contributed by atoms with Gasteiger partial charge in [-0.15, -0.1) is 0 Å². The van der Waals surface area contributed by atoms with Gasteiger partial charge in [0.05, 0.1) is 18.7 Å². The van der Waals surface area contributed by atoms with Crippen molar-refractivity contribution in [3.63, 3.8) is 0 Å². The quantitative estimate of drug-likeness (QED) is 0.450. The van der Waals surface area contributed by atoms with Crippen LogP contribution in [0.1, 0.15) is 67.4 Å². The third-order valence-corrected chi connectivity index (χ3v) is 5.89. The number of esters is 1. The molecule has 1 atom stereocenters. The zero-order valence-corrected chi connectivity index (χ0v) is 19.6. The van der Waals surface area contributed by atoms with Crippen molar-refractivity contribution in [3.8, 4) is 0 Å². The molecule has 0 aliphatic carbocycles. The van der Waals surface area contributed by atoms with Crippen LogP contribution in [0.15, 0.2) is 65.9 Å². The number of unbranched alkanes of at least 4 members (excludes halogenated alkanes) is 1. The fourth-order valence-electron chi connectivity index (χ4n) is 4.07. The number of benzene rings is 2. The van der Waals surface area contributed by atoms with E-state index in [-0.39, 0.29) is 36.7 Å². The average molecular weight is 449 g/mol. The molecule has 1 aliphatic rings. The first-order valence-corrected chi connectivity index (χ1v) is 11.6. The summed E-state index contributed by atoms with van der Waals surface area (Å²) >= 11 is 0. The van der Waals surface area contributed by atoms with Crippen molar-refractivity contribution in [2.75, 3.05) is 13.2 Å². The van der Waals surface area contributed by atoms with Crippen LogP contribution >= 0.6 is 0 Å². The van der Waals surface area contributed by atoms with Crippen LogP contribution in [0.5, 0.6) is 0 Å². The van der Waals surface area contributed by atoms with E-state index < -0.39 is 0 Å². The molecule has 0 spiro atoms. The zero-order chi connectivity index (χ0) is 23.8. The monoisotopic (exact) mass is 448 g/mol. The van der Waals surface area contributed by atoms with Crippen molar-refractivity contribution in [1.29, 1.82) is 0 Å². The first-order chi connectivity index (χ1) is 16.0. The molecule has 0 aromatic heterocycles. The van der Waals surface area contributed by atoms with Gasteiger partial charge in [-0.05, 0) is 43.5 Å². The fraction of sp³-hybridized carbons (Fsp3) is 0.370. The summed E-state index contributed by atoms with van der Waals surface area (Å²) in [4.78, 5) is 39.9. The van der Waals surface area contributed by atoms with Gasteiger partial charge in [0, 0.05) is 30.1 Å². The van der Waals surface area contributed by atoms with Gasteiger partial charge in [-0.1, -0.05) is 55.8 Å². The van der Waals surface area contributed by atoms with E-state index in [1.807, 2.05) is 42.5 Å². The number of allylic oxidation sites excluding steroid dienone is 1. The molecule has 6 heteroatoms. The zero-order valence-electron chi connectivity index (χ0n) is 19.6. The summed E-state index contributed by atoms with van der Waals surface area (Å²) in [5.74, 6) is -0.866. The van der Waals surface area contributed by atoms with Crippen molar-refractivity contribution in [2.45, 2.75) is 52.5 Å². The third-order valence-electron chi connectivity index (χ3n) is 5.89. The van der Waals surface area contributed by atoms with Gasteiger partial charge in [0.2, 0.25) is 5.91 Å². The van der Waals surface area contributed by atoms with Crippen molar-refractivity contribution < 1.29 is 19.1 Å². The minimum Gasteiger partial charge on any atom is -0.463 e. The molecule has 0 fully saturated rings. The van der Waals surface area contributed by atoms with Gasteiger partial charge in [0.25, 0.3) is 5.91 Å². The molecule has 2 aromatic carbocycles. The maximum absolute atomic E-state index is 13.1. The lowest BCUT2D eigenvalue weighted by atomic mass is 9.83. The number of rotatable bonds is 9. The molecule has 0 bridgehead atoms. The SMILES string of the molecule is CCCCNC(=O)c1ccc(CN2C(=O)CC(c3ccccc3)C(C(=O)OCC)=C2C)cc1. The average Bonchev–Trinajstić information content (AvgIpc) is 2.82. The highest BCUT2D eigenvalue weighted by Gasteiger charge is 2.36. The van der Waals surface area contributed by atoms with Crippen LogP contribution in [-0.2, 0) is 20.9 Å². The number of hydrogen-bond acceptors (Lipinski definition) is 4. The van der Waals surface area contributed by atoms with E-state index in [1.54, 1.807) is 30.9 Å². The van der Waals surface area contributed by atoms with E-state index >= 15 is 0 Å². The highest BCUT2D eigenvalue weighted by molar-refractivity contribution is 5.96. The number of carbonyl (C=O) groups excluding carboxylic acids is 3. The smallest absolute Gasteiger partial charge is 0.336 e. The Balaban J connectivity index is 1.83. The Kier molecular flexibility index (Phi) is 8.41. The number of ether oxygens (including phenoxy) is 1.